The SMILES string of the molecule is CN(CC(=O)O)C(=O)C[C@@H]1CN[C@H](C(=O)N2CCC[C@H]2C#N)C1.Cc1ccc(S(=O)(=O)O)cc1. The number of aryl methyl sites for hydroxylation is 1. The van der Waals surface area contributed by atoms with E-state index in [0.29, 0.717) is 19.5 Å². The number of carbonyl (C=O) groups is 3. The molecule has 34 heavy (non-hydrogen) atoms. The zero-order chi connectivity index (χ0) is 25.5. The lowest BCUT2D eigenvalue weighted by Gasteiger charge is -2.23. The van der Waals surface area contributed by atoms with Gasteiger partial charge in [0.2, 0.25) is 11.8 Å². The van der Waals surface area contributed by atoms with Gasteiger partial charge in [-0.05, 0) is 50.8 Å². The van der Waals surface area contributed by atoms with Crippen LogP contribution in [0, 0.1) is 24.2 Å². The molecule has 186 valence electrons. The predicted molar refractivity (Wildman–Crippen MR) is 121 cm³/mol. The highest BCUT2D eigenvalue weighted by Gasteiger charge is 2.37. The van der Waals surface area contributed by atoms with Crippen LogP contribution in [0.1, 0.15) is 31.2 Å². The van der Waals surface area contributed by atoms with E-state index >= 15 is 0 Å². The van der Waals surface area contributed by atoms with Crippen LogP contribution in [0.2, 0.25) is 0 Å². The van der Waals surface area contributed by atoms with Crippen LogP contribution >= 0.6 is 0 Å². The lowest BCUT2D eigenvalue weighted by atomic mass is 10.0. The molecule has 1 aromatic rings. The van der Waals surface area contributed by atoms with Crippen LogP contribution < -0.4 is 5.32 Å². The van der Waals surface area contributed by atoms with Crippen molar-refractivity contribution in [3.8, 4) is 6.07 Å². The van der Waals surface area contributed by atoms with Crippen molar-refractivity contribution in [2.75, 3.05) is 26.7 Å². The number of nitrogens with zero attached hydrogens (tertiary/aromatic N) is 3. The minimum Gasteiger partial charge on any atom is -0.480 e. The third kappa shape index (κ3) is 7.79. The Hall–Kier alpha value is -3.01. The first kappa shape index (κ1) is 27.2. The molecule has 2 saturated heterocycles. The minimum absolute atomic E-state index is 0.0100. The van der Waals surface area contributed by atoms with Crippen molar-refractivity contribution in [2.45, 2.75) is 49.6 Å². The van der Waals surface area contributed by atoms with Gasteiger partial charge in [-0.2, -0.15) is 13.7 Å². The smallest absolute Gasteiger partial charge is 0.323 e. The molecule has 0 saturated carbocycles. The number of carbonyl (C=O) groups excluding carboxylic acids is 2. The maximum absolute atomic E-state index is 12.5. The molecule has 0 aromatic heterocycles. The average molecular weight is 495 g/mol. The predicted octanol–water partition coefficient (Wildman–Crippen LogP) is 0.654. The fourth-order valence-electron chi connectivity index (χ4n) is 3.92. The molecule has 2 aliphatic heterocycles. The average Bonchev–Trinajstić information content (AvgIpc) is 3.42. The van der Waals surface area contributed by atoms with E-state index in [4.69, 9.17) is 14.9 Å². The lowest BCUT2D eigenvalue weighted by Crippen LogP contribution is -2.45. The van der Waals surface area contributed by atoms with Crippen molar-refractivity contribution >= 4 is 27.9 Å². The molecule has 2 fully saturated rings. The minimum atomic E-state index is -4.02. The van der Waals surface area contributed by atoms with Gasteiger partial charge in [0.1, 0.15) is 12.6 Å². The Balaban J connectivity index is 0.000000310. The van der Waals surface area contributed by atoms with Gasteiger partial charge in [-0.3, -0.25) is 18.9 Å². The second-order valence-corrected chi connectivity index (χ2v) is 9.94. The monoisotopic (exact) mass is 494 g/mol. The van der Waals surface area contributed by atoms with Gasteiger partial charge in [0.15, 0.2) is 0 Å². The Kier molecular flexibility index (Phi) is 9.55. The van der Waals surface area contributed by atoms with Crippen molar-refractivity contribution in [2.24, 2.45) is 5.92 Å². The van der Waals surface area contributed by atoms with Gasteiger partial charge >= 0.3 is 5.97 Å². The molecule has 1 aromatic carbocycles. The number of aliphatic carboxylic acids is 1. The molecule has 0 unspecified atom stereocenters. The normalized spacial score (nSPS) is 21.8. The maximum atomic E-state index is 12.5. The van der Waals surface area contributed by atoms with E-state index < -0.39 is 16.1 Å². The molecule has 3 N–H and O–H groups in total. The summed E-state index contributed by atoms with van der Waals surface area (Å²) >= 11 is 0. The number of benzene rings is 1. The van der Waals surface area contributed by atoms with E-state index in [9.17, 15) is 22.8 Å². The van der Waals surface area contributed by atoms with E-state index in [0.717, 1.165) is 18.4 Å². The highest BCUT2D eigenvalue weighted by molar-refractivity contribution is 7.85. The van der Waals surface area contributed by atoms with Gasteiger partial charge in [0.25, 0.3) is 10.1 Å². The summed E-state index contributed by atoms with van der Waals surface area (Å²) in [4.78, 5) is 37.8. The molecule has 2 aliphatic rings. The summed E-state index contributed by atoms with van der Waals surface area (Å²) in [7, 11) is -2.56. The topological polar surface area (TPSA) is 168 Å². The third-order valence-electron chi connectivity index (χ3n) is 5.79. The number of amides is 2. The molecule has 2 amide bonds. The Morgan fingerprint density at radius 2 is 1.91 bits per heavy atom. The molecule has 0 bridgehead atoms. The summed E-state index contributed by atoms with van der Waals surface area (Å²) in [5.41, 5.74) is 0.956. The summed E-state index contributed by atoms with van der Waals surface area (Å²) in [6.07, 6.45) is 2.33. The molecular formula is C22H30N4O7S. The van der Waals surface area contributed by atoms with Crippen molar-refractivity contribution in [3.63, 3.8) is 0 Å². The second-order valence-electron chi connectivity index (χ2n) is 8.52. The van der Waals surface area contributed by atoms with E-state index in [1.807, 2.05) is 6.92 Å². The molecule has 11 nitrogen and oxygen atoms in total. The fraction of sp³-hybridized carbons (Fsp3) is 0.545. The molecular weight excluding hydrogens is 464 g/mol. The zero-order valence-corrected chi connectivity index (χ0v) is 20.0. The van der Waals surface area contributed by atoms with Crippen molar-refractivity contribution in [1.29, 1.82) is 5.26 Å². The first-order chi connectivity index (χ1) is 15.9. The van der Waals surface area contributed by atoms with E-state index in [1.54, 1.807) is 17.0 Å². The highest BCUT2D eigenvalue weighted by Crippen LogP contribution is 2.24. The van der Waals surface area contributed by atoms with Crippen molar-refractivity contribution in [1.82, 2.24) is 15.1 Å². The molecule has 12 heteroatoms. The van der Waals surface area contributed by atoms with Gasteiger partial charge in [0.05, 0.1) is 17.0 Å². The molecule has 3 atom stereocenters. The van der Waals surface area contributed by atoms with Crippen LogP contribution in [0.15, 0.2) is 29.2 Å². The van der Waals surface area contributed by atoms with E-state index in [1.165, 1.54) is 24.1 Å². The molecule has 0 aliphatic carbocycles. The number of hydrogen-bond donors (Lipinski definition) is 3. The number of likely N-dealkylation sites (tertiary alicyclic amines) is 1. The summed E-state index contributed by atoms with van der Waals surface area (Å²) in [5.74, 6) is -1.34. The van der Waals surface area contributed by atoms with Crippen LogP contribution in [0.5, 0.6) is 0 Å². The fourth-order valence-corrected chi connectivity index (χ4v) is 4.40. The van der Waals surface area contributed by atoms with Gasteiger partial charge in [-0.1, -0.05) is 17.7 Å². The lowest BCUT2D eigenvalue weighted by molar-refractivity contribution is -0.143. The van der Waals surface area contributed by atoms with Crippen molar-refractivity contribution in [3.05, 3.63) is 29.8 Å². The van der Waals surface area contributed by atoms with Crippen molar-refractivity contribution < 1.29 is 32.5 Å². The van der Waals surface area contributed by atoms with Crippen LogP contribution in [0.4, 0.5) is 0 Å². The van der Waals surface area contributed by atoms with E-state index in [2.05, 4.69) is 11.4 Å². The zero-order valence-electron chi connectivity index (χ0n) is 19.2. The molecule has 2 heterocycles. The molecule has 0 spiro atoms. The number of carboxylic acid groups (broad SMARTS) is 1. The van der Waals surface area contributed by atoms with Crippen LogP contribution in [-0.2, 0) is 24.5 Å². The quantitative estimate of drug-likeness (QED) is 0.481. The van der Waals surface area contributed by atoms with Gasteiger partial charge in [-0.25, -0.2) is 0 Å². The van der Waals surface area contributed by atoms with Crippen LogP contribution in [0.3, 0.4) is 0 Å². The summed E-state index contributed by atoms with van der Waals surface area (Å²) in [5, 5.41) is 20.9. The summed E-state index contributed by atoms with van der Waals surface area (Å²) in [6, 6.07) is 7.45. The number of hydrogen-bond acceptors (Lipinski definition) is 7. The highest BCUT2D eigenvalue weighted by atomic mass is 32.2. The number of likely N-dealkylation sites (N-methyl/N-ethyl adjacent to an activating group) is 1. The Bertz CT molecular complexity index is 1040. The number of nitriles is 1. The Labute approximate surface area is 199 Å². The Morgan fingerprint density at radius 1 is 1.26 bits per heavy atom. The summed E-state index contributed by atoms with van der Waals surface area (Å²) < 4.78 is 29.6. The third-order valence-corrected chi connectivity index (χ3v) is 6.65. The molecule has 0 radical (unpaired) electrons. The summed E-state index contributed by atoms with van der Waals surface area (Å²) in [6.45, 7) is 2.68. The maximum Gasteiger partial charge on any atom is 0.323 e. The largest absolute Gasteiger partial charge is 0.480 e. The van der Waals surface area contributed by atoms with E-state index in [-0.39, 0.29) is 47.7 Å². The molecule has 3 rings (SSSR count). The van der Waals surface area contributed by atoms with Gasteiger partial charge in [-0.15, -0.1) is 0 Å². The number of carboxylic acids is 1. The number of nitrogens with one attached hydrogen (secondary N) is 1. The number of rotatable bonds is 6. The van der Waals surface area contributed by atoms with Gasteiger partial charge < -0.3 is 20.2 Å². The first-order valence-electron chi connectivity index (χ1n) is 10.9. The standard InChI is InChI=1S/C15H22N4O4.C7H8O3S/c1-18(9-14(21)22)13(20)6-10-5-12(17-8-10)15(23)19-4-2-3-11(19)7-16;1-6-2-4-7(5-3-6)11(8,9)10/h10-12,17H,2-6,8-9H2,1H3,(H,21,22);2-5H,1H3,(H,8,9,10)/t10-,11+,12+;/m1./s1. The van der Waals surface area contributed by atoms with Crippen LogP contribution in [-0.4, -0.2) is 84.4 Å². The Morgan fingerprint density at radius 3 is 2.47 bits per heavy atom. The van der Waals surface area contributed by atoms with Crippen LogP contribution in [0.25, 0.3) is 0 Å². The first-order valence-corrected chi connectivity index (χ1v) is 12.3. The second kappa shape index (κ2) is 11.9. The van der Waals surface area contributed by atoms with Gasteiger partial charge in [0, 0.05) is 20.0 Å².